The Morgan fingerprint density at radius 3 is 1.80 bits per heavy atom. The first-order valence-electron chi connectivity index (χ1n) is 8.07. The van der Waals surface area contributed by atoms with Crippen LogP contribution in [-0.2, 0) is 15.6 Å². The summed E-state index contributed by atoms with van der Waals surface area (Å²) in [6.07, 6.45) is 6.83. The Morgan fingerprint density at radius 2 is 1.33 bits per heavy atom. The van der Waals surface area contributed by atoms with E-state index in [0.717, 1.165) is 27.4 Å². The average molecular weight is 496 g/mol. The maximum absolute atomic E-state index is 6.34. The average Bonchev–Trinajstić information content (AvgIpc) is 2.74. The molecule has 2 aromatic heterocycles. The molecule has 12 heteroatoms. The van der Waals surface area contributed by atoms with Gasteiger partial charge in [0.15, 0.2) is 0 Å². The van der Waals surface area contributed by atoms with Gasteiger partial charge in [0.2, 0.25) is 0 Å². The predicted molar refractivity (Wildman–Crippen MR) is 134 cm³/mol. The van der Waals surface area contributed by atoms with Crippen molar-refractivity contribution in [2.45, 2.75) is 12.3 Å². The van der Waals surface area contributed by atoms with Gasteiger partial charge in [-0.25, -0.2) is 0 Å². The molecule has 0 fully saturated rings. The molecule has 0 amide bonds. The number of aromatic nitrogens is 4. The van der Waals surface area contributed by atoms with E-state index in [1.807, 2.05) is 43.3 Å². The van der Waals surface area contributed by atoms with Gasteiger partial charge in [-0.1, -0.05) is 28.1 Å². The zero-order chi connectivity index (χ0) is 20.4. The number of nitrogens with one attached hydrogen (secondary N) is 1. The number of aryl methyl sites for hydroxylation is 1. The number of benzene rings is 2. The van der Waals surface area contributed by atoms with E-state index in [1.165, 1.54) is 11.1 Å². The number of fused-ring (bicyclic) bond motifs is 2. The standard InChI is InChI=1S/C9H7BrN2.C9H8N2.Al.B2HN2S.H3N.2H/c10-6-7-1-2-8-9(5-7)12-4-3-11-8;1-7-2-3-8-9(6-7)11-5-4-10-8;;1-4-5(2)3;;;/h1-5H,6H2;2-6H,1H3;;3H;1H3;;/q;;;-1;;;. The van der Waals surface area contributed by atoms with Gasteiger partial charge in [-0.3, -0.25) is 19.9 Å². The third-order valence-corrected chi connectivity index (χ3v) is 4.30. The predicted octanol–water partition coefficient (Wildman–Crippen LogP) is 3.43. The van der Waals surface area contributed by atoms with E-state index in [4.69, 9.17) is 11.5 Å². The molecule has 4 rings (SSSR count). The summed E-state index contributed by atoms with van der Waals surface area (Å²) < 4.78 is 9.20. The topological polar surface area (TPSA) is 123 Å². The molecule has 151 valence electrons. The fourth-order valence-electron chi connectivity index (χ4n) is 2.17. The van der Waals surface area contributed by atoms with Gasteiger partial charge in [0.05, 0.1) is 22.1 Å². The summed E-state index contributed by atoms with van der Waals surface area (Å²) in [6.45, 7) is 6.74. The summed E-state index contributed by atoms with van der Waals surface area (Å²) >= 11 is 3.40. The van der Waals surface area contributed by atoms with Crippen LogP contribution in [-0.4, -0.2) is 51.7 Å². The number of alkyl halides is 1. The van der Waals surface area contributed by atoms with Gasteiger partial charge in [-0.15, -0.1) is 0 Å². The Morgan fingerprint density at radius 1 is 0.900 bits per heavy atom. The minimum atomic E-state index is -1.17. The van der Waals surface area contributed by atoms with Gasteiger partial charge in [-0.2, -0.15) is 0 Å². The van der Waals surface area contributed by atoms with Gasteiger partial charge in [-0.05, 0) is 42.3 Å². The number of hydrogen-bond acceptors (Lipinski definition) is 7. The van der Waals surface area contributed by atoms with Crippen LogP contribution in [0.2, 0.25) is 0 Å². The summed E-state index contributed by atoms with van der Waals surface area (Å²) in [5.74, 6) is 0. The number of rotatable bonds is 2. The van der Waals surface area contributed by atoms with Gasteiger partial charge in [0.1, 0.15) is 17.4 Å². The van der Waals surface area contributed by atoms with Crippen LogP contribution in [0.15, 0.2) is 65.5 Å². The Hall–Kier alpha value is -1.83. The number of hydrogen-bond donors (Lipinski definition) is 2. The van der Waals surface area contributed by atoms with Crippen LogP contribution in [0, 0.1) is 11.7 Å². The third kappa shape index (κ3) is 9.32. The van der Waals surface area contributed by atoms with Gasteiger partial charge < -0.3 is 6.15 Å². The number of nitrogens with zero attached hydrogens (tertiary/aromatic N) is 5. The molecule has 30 heavy (non-hydrogen) atoms. The molecule has 0 saturated carbocycles. The van der Waals surface area contributed by atoms with Crippen LogP contribution < -0.4 is 6.15 Å². The second-order valence-corrected chi connectivity index (χ2v) is 6.88. The molecule has 0 atom stereocenters. The molecular formula is C18H21AlB2BrN7S-. The second kappa shape index (κ2) is 15.0. The normalized spacial score (nSPS) is 9.23. The Kier molecular flexibility index (Phi) is 14.1. The molecule has 0 unspecified atom stereocenters. The molecule has 7 nitrogen and oxygen atoms in total. The number of halogens is 1. The fraction of sp³-hybridized carbons (Fsp3) is 0.111. The fourth-order valence-corrected chi connectivity index (χ4v) is 2.51. The van der Waals surface area contributed by atoms with Crippen molar-refractivity contribution in [3.05, 3.63) is 72.3 Å². The van der Waals surface area contributed by atoms with Crippen LogP contribution >= 0.6 is 15.9 Å². The first-order chi connectivity index (χ1) is 13.5. The Bertz CT molecular complexity index is 1150. The Labute approximate surface area is 199 Å². The van der Waals surface area contributed by atoms with Crippen molar-refractivity contribution in [2.75, 3.05) is 0 Å². The quantitative estimate of drug-likeness (QED) is 0.250. The van der Waals surface area contributed by atoms with Crippen LogP contribution in [0.1, 0.15) is 11.1 Å². The molecule has 2 aromatic carbocycles. The molecule has 0 aliphatic carbocycles. The molecule has 3 radical (unpaired) electrons. The minimum absolute atomic E-state index is 0. The maximum atomic E-state index is 6.34. The molecule has 2 heterocycles. The summed E-state index contributed by atoms with van der Waals surface area (Å²) in [5, 5.41) is 0.861. The molecule has 0 aliphatic heterocycles. The summed E-state index contributed by atoms with van der Waals surface area (Å²) in [7, 11) is 3.33. The zero-order valence-corrected chi connectivity index (χ0v) is 21.3. The summed E-state index contributed by atoms with van der Waals surface area (Å²) in [6, 6.07) is 12.1. The monoisotopic (exact) mass is 495 g/mol. The third-order valence-electron chi connectivity index (χ3n) is 3.43. The second-order valence-electron chi connectivity index (χ2n) is 5.48. The van der Waals surface area contributed by atoms with Crippen molar-refractivity contribution in [3.8, 4) is 0 Å². The van der Waals surface area contributed by atoms with E-state index >= 15 is 0 Å². The van der Waals surface area contributed by atoms with Crippen molar-refractivity contribution >= 4 is 80.0 Å². The molecule has 0 aliphatic rings. The van der Waals surface area contributed by atoms with Crippen LogP contribution in [0.25, 0.3) is 22.1 Å². The SMILES string of the molecule is BrCc1ccc2nccnc2c1.Cc1ccc2nccnc2c1.N.[AlH2].[B]=N[S-](=[B])=N. The van der Waals surface area contributed by atoms with Gasteiger partial charge in [0.25, 0.3) is 0 Å². The summed E-state index contributed by atoms with van der Waals surface area (Å²) in [4.78, 5) is 16.7. The van der Waals surface area contributed by atoms with Crippen molar-refractivity contribution in [3.63, 3.8) is 0 Å². The van der Waals surface area contributed by atoms with Crippen molar-refractivity contribution in [2.24, 2.45) is 4.30 Å². The molecule has 4 N–H and O–H groups in total. The van der Waals surface area contributed by atoms with Crippen molar-refractivity contribution in [1.82, 2.24) is 26.1 Å². The molecule has 0 spiro atoms. The van der Waals surface area contributed by atoms with Crippen LogP contribution in [0.5, 0.6) is 0 Å². The van der Waals surface area contributed by atoms with E-state index < -0.39 is 10.3 Å². The van der Waals surface area contributed by atoms with Crippen LogP contribution in [0.3, 0.4) is 0 Å². The van der Waals surface area contributed by atoms with Crippen molar-refractivity contribution < 1.29 is 0 Å². The van der Waals surface area contributed by atoms with E-state index in [0.29, 0.717) is 0 Å². The zero-order valence-electron chi connectivity index (χ0n) is 16.9. The van der Waals surface area contributed by atoms with Crippen molar-refractivity contribution in [1.29, 1.82) is 4.78 Å². The Balaban J connectivity index is 0.000000439. The summed E-state index contributed by atoms with van der Waals surface area (Å²) in [5.41, 5.74) is 6.27. The first kappa shape index (κ1) is 28.2. The first-order valence-corrected chi connectivity index (χ1v) is 10.4. The molecule has 0 bridgehead atoms. The van der Waals surface area contributed by atoms with Gasteiger partial charge in [0, 0.05) is 30.1 Å². The molecule has 4 aromatic rings. The van der Waals surface area contributed by atoms with E-state index in [-0.39, 0.29) is 23.5 Å². The van der Waals surface area contributed by atoms with E-state index in [9.17, 15) is 0 Å². The van der Waals surface area contributed by atoms with Gasteiger partial charge >= 0.3 is 33.7 Å². The van der Waals surface area contributed by atoms with Crippen LogP contribution in [0.4, 0.5) is 0 Å². The van der Waals surface area contributed by atoms with E-state index in [1.54, 1.807) is 24.8 Å². The van der Waals surface area contributed by atoms with E-state index in [2.05, 4.69) is 47.8 Å². The molecule has 0 saturated heterocycles. The molecular weight excluding hydrogens is 475 g/mol.